The Morgan fingerprint density at radius 2 is 1.81 bits per heavy atom. The molecule has 2 aromatic heterocycles. The summed E-state index contributed by atoms with van der Waals surface area (Å²) in [6.45, 7) is 15.8. The number of amides is 1. The lowest BCUT2D eigenvalue weighted by Gasteiger charge is -2.30. The van der Waals surface area contributed by atoms with E-state index in [9.17, 15) is 4.79 Å². The molecule has 0 radical (unpaired) electrons. The molecule has 7 nitrogen and oxygen atoms in total. The average Bonchev–Trinajstić information content (AvgIpc) is 2.95. The van der Waals surface area contributed by atoms with Gasteiger partial charge in [0.2, 0.25) is 5.91 Å². The average molecular weight is 381 g/mol. The summed E-state index contributed by atoms with van der Waals surface area (Å²) in [5.41, 5.74) is 0.0687. The molecule has 0 N–H and O–H groups in total. The van der Waals surface area contributed by atoms with Crippen LogP contribution in [0.25, 0.3) is 11.0 Å². The predicted molar refractivity (Wildman–Crippen MR) is 105 cm³/mol. The van der Waals surface area contributed by atoms with Crippen LogP contribution in [0.1, 0.15) is 48.5 Å². The number of halogens is 1. The number of hydrogen-bond acceptors (Lipinski definition) is 5. The Balaban J connectivity index is 2.30. The molecule has 0 spiro atoms. The maximum Gasteiger partial charge on any atom is 0.248 e. The van der Waals surface area contributed by atoms with Gasteiger partial charge in [-0.05, 0) is 27.7 Å². The largest absolute Gasteiger partial charge is 0.297 e. The van der Waals surface area contributed by atoms with Crippen molar-refractivity contribution in [2.75, 3.05) is 11.0 Å². The van der Waals surface area contributed by atoms with Gasteiger partial charge in [-0.15, -0.1) is 0 Å². The molecule has 26 heavy (non-hydrogen) atoms. The number of nitrogens with zero attached hydrogens (tertiary/aromatic N) is 6. The van der Waals surface area contributed by atoms with E-state index < -0.39 is 5.41 Å². The Kier molecular flexibility index (Phi) is 6.24. The molecule has 0 unspecified atom stereocenters. The van der Waals surface area contributed by atoms with Crippen LogP contribution in [0.15, 0.2) is 12.5 Å². The summed E-state index contributed by atoms with van der Waals surface area (Å²) in [6, 6.07) is 0.898. The fourth-order valence-electron chi connectivity index (χ4n) is 2.91. The second kappa shape index (κ2) is 7.88. The van der Waals surface area contributed by atoms with Crippen molar-refractivity contribution in [3.05, 3.63) is 12.5 Å². The van der Waals surface area contributed by atoms with Gasteiger partial charge >= 0.3 is 0 Å². The molecule has 2 heterocycles. The number of aromatic nitrogens is 4. The fourth-order valence-corrected chi connectivity index (χ4v) is 3.30. The zero-order chi connectivity index (χ0) is 19.6. The monoisotopic (exact) mass is 380 g/mol. The molecule has 0 fully saturated rings. The summed E-state index contributed by atoms with van der Waals surface area (Å²) in [6.07, 6.45) is 3.09. The molecule has 0 atom stereocenters. The first kappa shape index (κ1) is 20.6. The first-order valence-corrected chi connectivity index (χ1v) is 9.30. The highest BCUT2D eigenvalue weighted by molar-refractivity contribution is 6.38. The van der Waals surface area contributed by atoms with E-state index >= 15 is 0 Å². The summed E-state index contributed by atoms with van der Waals surface area (Å²) >= 11 is 6.29. The molecule has 1 amide bonds. The van der Waals surface area contributed by atoms with Gasteiger partial charge < -0.3 is 0 Å². The third-order valence-electron chi connectivity index (χ3n) is 4.31. The third kappa shape index (κ3) is 4.32. The van der Waals surface area contributed by atoms with E-state index in [2.05, 4.69) is 47.7 Å². The number of carbonyl (C=O) groups is 1. The van der Waals surface area contributed by atoms with Crippen LogP contribution in [0, 0.1) is 5.41 Å². The van der Waals surface area contributed by atoms with E-state index in [1.807, 2.05) is 25.5 Å². The van der Waals surface area contributed by atoms with Crippen LogP contribution in [-0.4, -0.2) is 49.2 Å². The van der Waals surface area contributed by atoms with Crippen molar-refractivity contribution in [3.63, 3.8) is 0 Å². The van der Waals surface area contributed by atoms with Crippen LogP contribution >= 0.6 is 11.8 Å². The SMILES string of the molecule is CC(C)N(CCn1ncc2c(N(Cl)C(=O)C(C)(C)C)ncnc21)C(C)C. The van der Waals surface area contributed by atoms with Gasteiger partial charge in [-0.25, -0.2) is 19.1 Å². The van der Waals surface area contributed by atoms with E-state index in [1.165, 1.54) is 6.33 Å². The molecule has 144 valence electrons. The summed E-state index contributed by atoms with van der Waals surface area (Å²) in [4.78, 5) is 23.4. The van der Waals surface area contributed by atoms with Crippen LogP contribution in [0.2, 0.25) is 0 Å². The van der Waals surface area contributed by atoms with E-state index in [0.717, 1.165) is 11.0 Å². The zero-order valence-corrected chi connectivity index (χ0v) is 17.4. The third-order valence-corrected chi connectivity index (χ3v) is 4.63. The topological polar surface area (TPSA) is 67.2 Å². The molecular weight excluding hydrogens is 352 g/mol. The van der Waals surface area contributed by atoms with Gasteiger partial charge in [0.1, 0.15) is 6.33 Å². The molecule has 0 saturated heterocycles. The van der Waals surface area contributed by atoms with Crippen molar-refractivity contribution in [2.45, 2.75) is 67.1 Å². The maximum absolute atomic E-state index is 12.5. The van der Waals surface area contributed by atoms with Gasteiger partial charge in [-0.1, -0.05) is 20.8 Å². The van der Waals surface area contributed by atoms with E-state index in [4.69, 9.17) is 11.8 Å². The maximum atomic E-state index is 12.5. The first-order chi connectivity index (χ1) is 12.0. The minimum atomic E-state index is -0.607. The molecule has 0 saturated carbocycles. The van der Waals surface area contributed by atoms with Gasteiger partial charge in [-0.3, -0.25) is 9.69 Å². The van der Waals surface area contributed by atoms with E-state index in [-0.39, 0.29) is 5.91 Å². The van der Waals surface area contributed by atoms with Crippen molar-refractivity contribution in [1.29, 1.82) is 0 Å². The van der Waals surface area contributed by atoms with E-state index in [0.29, 0.717) is 35.5 Å². The molecule has 0 bridgehead atoms. The molecular formula is C18H29ClN6O. The second-order valence-electron chi connectivity index (χ2n) is 8.06. The number of hydrogen-bond donors (Lipinski definition) is 0. The molecule has 2 aromatic rings. The van der Waals surface area contributed by atoms with E-state index in [1.54, 1.807) is 6.20 Å². The molecule has 0 aliphatic rings. The second-order valence-corrected chi connectivity index (χ2v) is 8.40. The Morgan fingerprint density at radius 1 is 1.19 bits per heavy atom. The molecule has 0 aliphatic carbocycles. The lowest BCUT2D eigenvalue weighted by Crippen LogP contribution is -2.39. The van der Waals surface area contributed by atoms with Gasteiger partial charge in [0, 0.05) is 35.8 Å². The van der Waals surface area contributed by atoms with Crippen molar-refractivity contribution < 1.29 is 4.79 Å². The highest BCUT2D eigenvalue weighted by atomic mass is 35.5. The highest BCUT2D eigenvalue weighted by Gasteiger charge is 2.30. The van der Waals surface area contributed by atoms with Crippen molar-refractivity contribution in [2.24, 2.45) is 5.41 Å². The molecule has 8 heteroatoms. The van der Waals surface area contributed by atoms with Gasteiger partial charge in [-0.2, -0.15) is 5.10 Å². The minimum Gasteiger partial charge on any atom is -0.297 e. The number of rotatable bonds is 6. The number of fused-ring (bicyclic) bond motifs is 1. The lowest BCUT2D eigenvalue weighted by molar-refractivity contribution is -0.124. The summed E-state index contributed by atoms with van der Waals surface area (Å²) in [5, 5.41) is 5.11. The van der Waals surface area contributed by atoms with Crippen molar-refractivity contribution in [1.82, 2.24) is 24.6 Å². The number of carbonyl (C=O) groups excluding carboxylic acids is 1. The van der Waals surface area contributed by atoms with Crippen LogP contribution < -0.4 is 4.42 Å². The van der Waals surface area contributed by atoms with Crippen molar-refractivity contribution >= 4 is 34.5 Å². The van der Waals surface area contributed by atoms with Crippen LogP contribution in [-0.2, 0) is 11.3 Å². The van der Waals surface area contributed by atoms with Gasteiger partial charge in [0.15, 0.2) is 11.5 Å². The van der Waals surface area contributed by atoms with Crippen LogP contribution in [0.3, 0.4) is 0 Å². The summed E-state index contributed by atoms with van der Waals surface area (Å²) < 4.78 is 2.91. The fraction of sp³-hybridized carbons (Fsp3) is 0.667. The summed E-state index contributed by atoms with van der Waals surface area (Å²) in [7, 11) is 0. The first-order valence-electron chi connectivity index (χ1n) is 8.96. The standard InChI is InChI=1S/C18H29ClN6O/c1-12(2)23(13(3)4)8-9-24-15-14(10-22-24)16(21-11-20-15)25(19)17(26)18(5,6)7/h10-13H,8-9H2,1-7H3. The lowest BCUT2D eigenvalue weighted by atomic mass is 9.96. The Hall–Kier alpha value is -1.73. The quantitative estimate of drug-likeness (QED) is 0.717. The molecule has 2 rings (SSSR count). The molecule has 0 aromatic carbocycles. The normalized spacial score (nSPS) is 12.6. The predicted octanol–water partition coefficient (Wildman–Crippen LogP) is 3.48. The van der Waals surface area contributed by atoms with Gasteiger partial charge in [0.25, 0.3) is 0 Å². The Bertz CT molecular complexity index is 757. The van der Waals surface area contributed by atoms with Crippen LogP contribution in [0.5, 0.6) is 0 Å². The Labute approximate surface area is 160 Å². The number of anilines is 1. The van der Waals surface area contributed by atoms with Gasteiger partial charge in [0.05, 0.1) is 18.1 Å². The smallest absolute Gasteiger partial charge is 0.248 e. The zero-order valence-electron chi connectivity index (χ0n) is 16.7. The Morgan fingerprint density at radius 3 is 2.35 bits per heavy atom. The highest BCUT2D eigenvalue weighted by Crippen LogP contribution is 2.28. The van der Waals surface area contributed by atoms with Crippen LogP contribution in [0.4, 0.5) is 5.82 Å². The molecule has 0 aliphatic heterocycles. The van der Waals surface area contributed by atoms with Crippen molar-refractivity contribution in [3.8, 4) is 0 Å². The minimum absolute atomic E-state index is 0.224. The summed E-state index contributed by atoms with van der Waals surface area (Å²) in [5.74, 6) is 0.144.